The maximum atomic E-state index is 13.2. The molecule has 2 aromatic rings. The third-order valence-electron chi connectivity index (χ3n) is 5.53. The number of nitrogens with zero attached hydrogens (tertiary/aromatic N) is 2. The Morgan fingerprint density at radius 3 is 2.45 bits per heavy atom. The van der Waals surface area contributed by atoms with Gasteiger partial charge in [-0.2, -0.15) is 4.31 Å². The van der Waals surface area contributed by atoms with Crippen LogP contribution in [0.15, 0.2) is 41.3 Å². The first-order valence-electron chi connectivity index (χ1n) is 11.0. The summed E-state index contributed by atoms with van der Waals surface area (Å²) in [4.78, 5) is 14.9. The van der Waals surface area contributed by atoms with Gasteiger partial charge in [0.25, 0.3) is 5.91 Å². The van der Waals surface area contributed by atoms with Crippen LogP contribution in [0.1, 0.15) is 33.1 Å². The average molecular weight is 498 g/mol. The Labute approximate surface area is 199 Å². The summed E-state index contributed by atoms with van der Waals surface area (Å²) >= 11 is 5.95. The third kappa shape index (κ3) is 6.16. The van der Waals surface area contributed by atoms with Gasteiger partial charge in [-0.15, -0.1) is 0 Å². The van der Waals surface area contributed by atoms with Gasteiger partial charge in [0, 0.05) is 26.2 Å². The number of sulfonamides is 1. The average Bonchev–Trinajstić information content (AvgIpc) is 2.79. The highest BCUT2D eigenvalue weighted by molar-refractivity contribution is 7.89. The van der Waals surface area contributed by atoms with E-state index in [1.165, 1.54) is 22.5 Å². The Bertz CT molecular complexity index is 1090. The second kappa shape index (κ2) is 11.2. The van der Waals surface area contributed by atoms with Crippen LogP contribution in [0, 0.1) is 5.82 Å². The summed E-state index contributed by atoms with van der Waals surface area (Å²) in [5.41, 5.74) is 1.17. The van der Waals surface area contributed by atoms with Crippen molar-refractivity contribution in [3.8, 4) is 5.75 Å². The van der Waals surface area contributed by atoms with Crippen molar-refractivity contribution in [2.75, 3.05) is 43.0 Å². The summed E-state index contributed by atoms with van der Waals surface area (Å²) in [6, 6.07) is 8.47. The van der Waals surface area contributed by atoms with Gasteiger partial charge in [-0.25, -0.2) is 12.8 Å². The minimum atomic E-state index is -3.69. The van der Waals surface area contributed by atoms with E-state index in [4.69, 9.17) is 16.3 Å². The van der Waals surface area contributed by atoms with Crippen molar-refractivity contribution in [1.82, 2.24) is 4.31 Å². The highest BCUT2D eigenvalue weighted by Gasteiger charge is 2.24. The van der Waals surface area contributed by atoms with Crippen LogP contribution in [0.2, 0.25) is 5.02 Å². The molecular formula is C23H29ClFN3O4S. The summed E-state index contributed by atoms with van der Waals surface area (Å²) in [7, 11) is -3.69. The van der Waals surface area contributed by atoms with Crippen molar-refractivity contribution < 1.29 is 22.3 Å². The van der Waals surface area contributed by atoms with Crippen LogP contribution in [-0.2, 0) is 14.8 Å². The molecule has 180 valence electrons. The molecule has 2 aromatic carbocycles. The Morgan fingerprint density at radius 2 is 1.82 bits per heavy atom. The van der Waals surface area contributed by atoms with Gasteiger partial charge in [0.15, 0.2) is 6.61 Å². The van der Waals surface area contributed by atoms with E-state index in [9.17, 15) is 17.6 Å². The minimum Gasteiger partial charge on any atom is -0.482 e. The number of ether oxygens (including phenoxy) is 1. The van der Waals surface area contributed by atoms with E-state index in [0.29, 0.717) is 18.8 Å². The van der Waals surface area contributed by atoms with Crippen LogP contribution < -0.4 is 15.0 Å². The van der Waals surface area contributed by atoms with E-state index in [2.05, 4.69) is 10.2 Å². The molecule has 7 nitrogen and oxygen atoms in total. The Hall–Kier alpha value is -2.36. The molecular weight excluding hydrogens is 469 g/mol. The molecule has 10 heteroatoms. The van der Waals surface area contributed by atoms with Crippen molar-refractivity contribution >= 4 is 38.9 Å². The largest absolute Gasteiger partial charge is 0.482 e. The topological polar surface area (TPSA) is 79.0 Å². The smallest absolute Gasteiger partial charge is 0.262 e. The molecule has 0 radical (unpaired) electrons. The van der Waals surface area contributed by atoms with Gasteiger partial charge in [0.05, 0.1) is 21.3 Å². The summed E-state index contributed by atoms with van der Waals surface area (Å²) in [5.74, 6) is -0.803. The van der Waals surface area contributed by atoms with E-state index in [-0.39, 0.29) is 22.3 Å². The predicted molar refractivity (Wildman–Crippen MR) is 128 cm³/mol. The van der Waals surface area contributed by atoms with Gasteiger partial charge in [0.1, 0.15) is 11.6 Å². The quantitative estimate of drug-likeness (QED) is 0.551. The lowest BCUT2D eigenvalue weighted by Gasteiger charge is -2.31. The fourth-order valence-electron chi connectivity index (χ4n) is 3.82. The number of carbonyl (C=O) groups is 1. The lowest BCUT2D eigenvalue weighted by Crippen LogP contribution is -2.32. The summed E-state index contributed by atoms with van der Waals surface area (Å²) in [6.45, 7) is 5.55. The van der Waals surface area contributed by atoms with E-state index in [1.54, 1.807) is 26.0 Å². The molecule has 0 atom stereocenters. The Morgan fingerprint density at radius 1 is 1.12 bits per heavy atom. The zero-order valence-corrected chi connectivity index (χ0v) is 20.4. The molecule has 0 unspecified atom stereocenters. The number of benzene rings is 2. The highest BCUT2D eigenvalue weighted by atomic mass is 35.5. The lowest BCUT2D eigenvalue weighted by molar-refractivity contribution is -0.118. The van der Waals surface area contributed by atoms with Gasteiger partial charge in [-0.1, -0.05) is 25.4 Å². The van der Waals surface area contributed by atoms with Crippen molar-refractivity contribution in [3.63, 3.8) is 0 Å². The van der Waals surface area contributed by atoms with Gasteiger partial charge < -0.3 is 15.0 Å². The fourth-order valence-corrected chi connectivity index (χ4v) is 5.53. The number of hydrogen-bond acceptors (Lipinski definition) is 5. The van der Waals surface area contributed by atoms with Crippen molar-refractivity contribution in [2.45, 2.75) is 38.0 Å². The minimum absolute atomic E-state index is 0.0594. The molecule has 0 saturated carbocycles. The molecule has 1 aliphatic rings. The van der Waals surface area contributed by atoms with Crippen LogP contribution in [0.4, 0.5) is 15.8 Å². The van der Waals surface area contributed by atoms with Crippen LogP contribution in [0.3, 0.4) is 0 Å². The third-order valence-corrected chi connectivity index (χ3v) is 7.88. The van der Waals surface area contributed by atoms with Crippen LogP contribution >= 0.6 is 11.6 Å². The number of rotatable bonds is 9. The van der Waals surface area contributed by atoms with Crippen molar-refractivity contribution in [3.05, 3.63) is 47.2 Å². The molecule has 0 aliphatic carbocycles. The number of halogens is 2. The molecule has 0 aromatic heterocycles. The predicted octanol–water partition coefficient (Wildman–Crippen LogP) is 4.52. The van der Waals surface area contributed by atoms with E-state index >= 15 is 0 Å². The normalized spacial score (nSPS) is 14.4. The van der Waals surface area contributed by atoms with Crippen LogP contribution in [0.5, 0.6) is 5.75 Å². The van der Waals surface area contributed by atoms with Crippen molar-refractivity contribution in [1.29, 1.82) is 0 Å². The fraction of sp³-hybridized carbons (Fsp3) is 0.435. The molecule has 0 bridgehead atoms. The first kappa shape index (κ1) is 25.3. The number of nitrogens with one attached hydrogen (secondary N) is 1. The van der Waals surface area contributed by atoms with E-state index in [1.807, 2.05) is 0 Å². The van der Waals surface area contributed by atoms with E-state index in [0.717, 1.165) is 44.1 Å². The Kier molecular flexibility index (Phi) is 8.56. The molecule has 1 amide bonds. The number of amides is 1. The maximum Gasteiger partial charge on any atom is 0.262 e. The number of hydrogen-bond donors (Lipinski definition) is 1. The first-order chi connectivity index (χ1) is 15.8. The number of piperidine rings is 1. The van der Waals surface area contributed by atoms with Gasteiger partial charge in [0.2, 0.25) is 10.0 Å². The van der Waals surface area contributed by atoms with Gasteiger partial charge >= 0.3 is 0 Å². The van der Waals surface area contributed by atoms with Gasteiger partial charge in [-0.3, -0.25) is 4.79 Å². The van der Waals surface area contributed by atoms with E-state index < -0.39 is 21.7 Å². The standard InChI is InChI=1S/C23H29ClFN3O4S/c1-3-28(4-2)33(30,31)18-9-10-21(27-12-6-5-7-13-27)20(15-18)26-23(29)16-32-22-11-8-17(25)14-19(22)24/h8-11,14-15H,3-7,12-13,16H2,1-2H3,(H,26,29). The van der Waals surface area contributed by atoms with Gasteiger partial charge in [-0.05, 0) is 55.7 Å². The molecule has 3 rings (SSSR count). The summed E-state index contributed by atoms with van der Waals surface area (Å²) in [6.07, 6.45) is 3.19. The number of anilines is 2. The molecule has 1 fully saturated rings. The van der Waals surface area contributed by atoms with Crippen LogP contribution in [0.25, 0.3) is 0 Å². The second-order valence-electron chi connectivity index (χ2n) is 7.73. The molecule has 0 spiro atoms. The zero-order chi connectivity index (χ0) is 24.0. The molecule has 1 N–H and O–H groups in total. The SMILES string of the molecule is CCN(CC)S(=O)(=O)c1ccc(N2CCCCC2)c(NC(=O)COc2ccc(F)cc2Cl)c1. The van der Waals surface area contributed by atoms with Crippen molar-refractivity contribution in [2.24, 2.45) is 0 Å². The zero-order valence-electron chi connectivity index (χ0n) is 18.8. The summed E-state index contributed by atoms with van der Waals surface area (Å²) in [5, 5.41) is 2.85. The molecule has 1 aliphatic heterocycles. The molecule has 33 heavy (non-hydrogen) atoms. The summed E-state index contributed by atoms with van der Waals surface area (Å²) < 4.78 is 46.1. The second-order valence-corrected chi connectivity index (χ2v) is 10.1. The first-order valence-corrected chi connectivity index (χ1v) is 12.8. The lowest BCUT2D eigenvalue weighted by atomic mass is 10.1. The maximum absolute atomic E-state index is 13.2. The monoisotopic (exact) mass is 497 g/mol. The Balaban J connectivity index is 1.85. The van der Waals surface area contributed by atoms with Crippen LogP contribution in [-0.4, -0.2) is 51.4 Å². The molecule has 1 saturated heterocycles. The molecule has 1 heterocycles. The number of carbonyl (C=O) groups excluding carboxylic acids is 1. The highest BCUT2D eigenvalue weighted by Crippen LogP contribution is 2.32.